The minimum Gasteiger partial charge on any atom is -0.467 e. The Morgan fingerprint density at radius 2 is 1.95 bits per heavy atom. The van der Waals surface area contributed by atoms with Gasteiger partial charge in [-0.25, -0.2) is 4.79 Å². The molecule has 1 amide bonds. The highest BCUT2D eigenvalue weighted by atomic mass is 16.5. The van der Waals surface area contributed by atoms with Crippen molar-refractivity contribution in [1.82, 2.24) is 4.90 Å². The predicted molar refractivity (Wildman–Crippen MR) is 79.3 cm³/mol. The van der Waals surface area contributed by atoms with E-state index >= 15 is 0 Å². The first-order valence-electron chi connectivity index (χ1n) is 8.00. The van der Waals surface area contributed by atoms with Gasteiger partial charge in [0.2, 0.25) is 5.91 Å². The molecule has 1 aliphatic rings. The Labute approximate surface area is 122 Å². The Bertz CT molecular complexity index is 317. The van der Waals surface area contributed by atoms with Gasteiger partial charge < -0.3 is 9.64 Å². The Morgan fingerprint density at radius 3 is 2.60 bits per heavy atom. The number of carbonyl (C=O) groups is 2. The maximum atomic E-state index is 11.9. The molecular weight excluding hydrogens is 254 g/mol. The fourth-order valence-electron chi connectivity index (χ4n) is 2.98. The summed E-state index contributed by atoms with van der Waals surface area (Å²) in [4.78, 5) is 25.4. The van der Waals surface area contributed by atoms with Crippen LogP contribution in [0.4, 0.5) is 0 Å². The zero-order chi connectivity index (χ0) is 15.0. The summed E-state index contributed by atoms with van der Waals surface area (Å²) >= 11 is 0. The van der Waals surface area contributed by atoms with Gasteiger partial charge in [0.25, 0.3) is 0 Å². The first kappa shape index (κ1) is 17.0. The molecule has 1 fully saturated rings. The van der Waals surface area contributed by atoms with Crippen LogP contribution in [0.3, 0.4) is 0 Å². The zero-order valence-corrected chi connectivity index (χ0v) is 13.2. The highest BCUT2D eigenvalue weighted by Gasteiger charge is 2.39. The van der Waals surface area contributed by atoms with Gasteiger partial charge in [0, 0.05) is 12.5 Å². The number of esters is 1. The summed E-state index contributed by atoms with van der Waals surface area (Å²) in [7, 11) is 1.39. The standard InChI is InChI=1S/C16H29NO3/c1-4-5-6-7-8-9-10-13(2)17-14(16(19)20-3)11-12-15(17)18/h13-14H,4-12H2,1-3H3. The van der Waals surface area contributed by atoms with Gasteiger partial charge in [0.1, 0.15) is 6.04 Å². The molecule has 1 saturated heterocycles. The van der Waals surface area contributed by atoms with E-state index in [2.05, 4.69) is 6.92 Å². The SMILES string of the molecule is CCCCCCCCC(C)N1C(=O)CCC1C(=O)OC. The number of methoxy groups -OCH3 is 1. The molecule has 1 heterocycles. The number of unbranched alkanes of at least 4 members (excludes halogenated alkanes) is 5. The number of amides is 1. The molecule has 2 atom stereocenters. The molecule has 0 N–H and O–H groups in total. The van der Waals surface area contributed by atoms with Crippen molar-refractivity contribution < 1.29 is 14.3 Å². The molecule has 0 aromatic heterocycles. The molecule has 20 heavy (non-hydrogen) atoms. The maximum absolute atomic E-state index is 11.9. The molecule has 0 saturated carbocycles. The third-order valence-electron chi connectivity index (χ3n) is 4.18. The summed E-state index contributed by atoms with van der Waals surface area (Å²) in [6.07, 6.45) is 9.55. The van der Waals surface area contributed by atoms with Crippen LogP contribution in [0.5, 0.6) is 0 Å². The van der Waals surface area contributed by atoms with Gasteiger partial charge in [-0.05, 0) is 19.8 Å². The lowest BCUT2D eigenvalue weighted by Gasteiger charge is -2.29. The first-order valence-corrected chi connectivity index (χ1v) is 8.00. The fourth-order valence-corrected chi connectivity index (χ4v) is 2.98. The van der Waals surface area contributed by atoms with E-state index in [9.17, 15) is 9.59 Å². The molecule has 0 spiro atoms. The molecule has 2 unspecified atom stereocenters. The minimum atomic E-state index is -0.359. The van der Waals surface area contributed by atoms with Crippen molar-refractivity contribution in [2.24, 2.45) is 0 Å². The molecular formula is C16H29NO3. The van der Waals surface area contributed by atoms with Crippen LogP contribution in [-0.2, 0) is 14.3 Å². The van der Waals surface area contributed by atoms with E-state index in [0.717, 1.165) is 12.8 Å². The van der Waals surface area contributed by atoms with Gasteiger partial charge in [0.05, 0.1) is 7.11 Å². The molecule has 4 heteroatoms. The number of rotatable bonds is 9. The highest BCUT2D eigenvalue weighted by Crippen LogP contribution is 2.25. The van der Waals surface area contributed by atoms with Gasteiger partial charge in [-0.1, -0.05) is 45.4 Å². The quantitative estimate of drug-likeness (QED) is 0.482. The number of ether oxygens (including phenoxy) is 1. The molecule has 0 bridgehead atoms. The van der Waals surface area contributed by atoms with Crippen molar-refractivity contribution in [2.45, 2.75) is 83.7 Å². The average molecular weight is 283 g/mol. The third-order valence-corrected chi connectivity index (χ3v) is 4.18. The Morgan fingerprint density at radius 1 is 1.30 bits per heavy atom. The zero-order valence-electron chi connectivity index (χ0n) is 13.2. The second kappa shape index (κ2) is 8.98. The van der Waals surface area contributed by atoms with Gasteiger partial charge in [0.15, 0.2) is 0 Å². The Balaban J connectivity index is 2.34. The minimum absolute atomic E-state index is 0.0962. The van der Waals surface area contributed by atoms with Gasteiger partial charge in [-0.15, -0.1) is 0 Å². The van der Waals surface area contributed by atoms with Crippen molar-refractivity contribution in [3.05, 3.63) is 0 Å². The van der Waals surface area contributed by atoms with E-state index in [0.29, 0.717) is 12.8 Å². The second-order valence-corrected chi connectivity index (χ2v) is 5.78. The van der Waals surface area contributed by atoms with Crippen molar-refractivity contribution in [3.63, 3.8) is 0 Å². The van der Waals surface area contributed by atoms with E-state index < -0.39 is 0 Å². The molecule has 0 aromatic rings. The lowest BCUT2D eigenvalue weighted by Crippen LogP contribution is -2.44. The molecule has 4 nitrogen and oxygen atoms in total. The number of hydrogen-bond donors (Lipinski definition) is 0. The molecule has 0 aromatic carbocycles. The van der Waals surface area contributed by atoms with E-state index in [4.69, 9.17) is 4.74 Å². The summed E-state index contributed by atoms with van der Waals surface area (Å²) in [5, 5.41) is 0. The van der Waals surface area contributed by atoms with E-state index in [1.54, 1.807) is 4.90 Å². The normalized spacial score (nSPS) is 20.2. The Kier molecular flexibility index (Phi) is 7.63. The van der Waals surface area contributed by atoms with Crippen molar-refractivity contribution in [1.29, 1.82) is 0 Å². The van der Waals surface area contributed by atoms with Crippen LogP contribution in [0.1, 0.15) is 71.6 Å². The number of likely N-dealkylation sites (tertiary alicyclic amines) is 1. The smallest absolute Gasteiger partial charge is 0.328 e. The van der Waals surface area contributed by atoms with Crippen LogP contribution >= 0.6 is 0 Å². The summed E-state index contributed by atoms with van der Waals surface area (Å²) < 4.78 is 4.80. The van der Waals surface area contributed by atoms with Crippen molar-refractivity contribution >= 4 is 11.9 Å². The topological polar surface area (TPSA) is 46.6 Å². The summed E-state index contributed by atoms with van der Waals surface area (Å²) in [6, 6.07) is -0.220. The van der Waals surface area contributed by atoms with E-state index in [-0.39, 0.29) is 24.0 Å². The molecule has 116 valence electrons. The Hall–Kier alpha value is -1.06. The van der Waals surface area contributed by atoms with Crippen LogP contribution in [0.2, 0.25) is 0 Å². The predicted octanol–water partition coefficient (Wildman–Crippen LogP) is 3.29. The molecule has 0 radical (unpaired) electrons. The van der Waals surface area contributed by atoms with E-state index in [1.165, 1.54) is 39.2 Å². The van der Waals surface area contributed by atoms with Crippen LogP contribution < -0.4 is 0 Å². The van der Waals surface area contributed by atoms with Crippen LogP contribution in [-0.4, -0.2) is 36.0 Å². The van der Waals surface area contributed by atoms with Gasteiger partial charge in [-0.3, -0.25) is 4.79 Å². The summed E-state index contributed by atoms with van der Waals surface area (Å²) in [6.45, 7) is 4.26. The van der Waals surface area contributed by atoms with Gasteiger partial charge in [-0.2, -0.15) is 0 Å². The van der Waals surface area contributed by atoms with Crippen molar-refractivity contribution in [3.8, 4) is 0 Å². The molecule has 1 aliphatic heterocycles. The maximum Gasteiger partial charge on any atom is 0.328 e. The summed E-state index contributed by atoms with van der Waals surface area (Å²) in [5.74, 6) is -0.176. The molecule has 1 rings (SSSR count). The monoisotopic (exact) mass is 283 g/mol. The van der Waals surface area contributed by atoms with Crippen LogP contribution in [0, 0.1) is 0 Å². The first-order chi connectivity index (χ1) is 9.61. The average Bonchev–Trinajstić information content (AvgIpc) is 2.83. The lowest BCUT2D eigenvalue weighted by molar-refractivity contribution is -0.150. The highest BCUT2D eigenvalue weighted by molar-refractivity contribution is 5.88. The lowest BCUT2D eigenvalue weighted by atomic mass is 10.0. The second-order valence-electron chi connectivity index (χ2n) is 5.78. The molecule has 0 aliphatic carbocycles. The number of hydrogen-bond acceptors (Lipinski definition) is 3. The van der Waals surface area contributed by atoms with E-state index in [1.807, 2.05) is 6.92 Å². The largest absolute Gasteiger partial charge is 0.467 e. The van der Waals surface area contributed by atoms with Crippen molar-refractivity contribution in [2.75, 3.05) is 7.11 Å². The number of carbonyl (C=O) groups excluding carboxylic acids is 2. The van der Waals surface area contributed by atoms with Crippen LogP contribution in [0.15, 0.2) is 0 Å². The van der Waals surface area contributed by atoms with Gasteiger partial charge >= 0.3 is 5.97 Å². The van der Waals surface area contributed by atoms with Crippen LogP contribution in [0.25, 0.3) is 0 Å². The number of nitrogens with zero attached hydrogens (tertiary/aromatic N) is 1. The summed E-state index contributed by atoms with van der Waals surface area (Å²) in [5.41, 5.74) is 0. The fraction of sp³-hybridized carbons (Fsp3) is 0.875. The third kappa shape index (κ3) is 4.80.